The van der Waals surface area contributed by atoms with E-state index >= 15 is 0 Å². The van der Waals surface area contributed by atoms with Crippen LogP contribution in [0.4, 0.5) is 10.1 Å². The van der Waals surface area contributed by atoms with E-state index in [1.807, 2.05) is 6.92 Å². The fourth-order valence-electron chi connectivity index (χ4n) is 1.63. The highest BCUT2D eigenvalue weighted by Gasteiger charge is 2.18. The number of anilines is 1. The summed E-state index contributed by atoms with van der Waals surface area (Å²) in [7, 11) is -3.71. The molecular formula is C13H14BrFN2O2S2. The number of nitrogens with one attached hydrogen (secondary N) is 2. The van der Waals surface area contributed by atoms with Crippen LogP contribution < -0.4 is 10.0 Å². The standard InChI is InChI=1S/C13H14BrFN2O2S2/c1-2-16-7-9-5-13(20-8-9)21(18,19)17-12-6-10(15)3-4-11(12)14/h3-6,8,16-17H,2,7H2,1H3. The average molecular weight is 393 g/mol. The smallest absolute Gasteiger partial charge is 0.271 e. The number of rotatable bonds is 6. The highest BCUT2D eigenvalue weighted by atomic mass is 79.9. The van der Waals surface area contributed by atoms with Gasteiger partial charge in [0.2, 0.25) is 0 Å². The molecule has 2 rings (SSSR count). The quantitative estimate of drug-likeness (QED) is 0.789. The second-order valence-corrected chi connectivity index (χ2v) is 7.96. The van der Waals surface area contributed by atoms with E-state index in [1.165, 1.54) is 12.1 Å². The van der Waals surface area contributed by atoms with Crippen LogP contribution in [0.3, 0.4) is 0 Å². The third-order valence-corrected chi connectivity index (χ3v) is 6.19. The third kappa shape index (κ3) is 4.26. The van der Waals surface area contributed by atoms with Crippen LogP contribution in [0.25, 0.3) is 0 Å². The van der Waals surface area contributed by atoms with Gasteiger partial charge in [-0.15, -0.1) is 11.3 Å². The Kier molecular flexibility index (Phi) is 5.37. The van der Waals surface area contributed by atoms with Crippen molar-refractivity contribution in [3.05, 3.63) is 45.5 Å². The molecule has 1 aromatic heterocycles. The summed E-state index contributed by atoms with van der Waals surface area (Å²) >= 11 is 4.33. The Bertz CT molecular complexity index is 732. The lowest BCUT2D eigenvalue weighted by atomic mass is 10.3. The average Bonchev–Trinajstić information content (AvgIpc) is 2.90. The van der Waals surface area contributed by atoms with Crippen LogP contribution in [-0.2, 0) is 16.6 Å². The van der Waals surface area contributed by atoms with E-state index in [1.54, 1.807) is 11.4 Å². The fourth-order valence-corrected chi connectivity index (χ4v) is 4.38. The molecule has 0 aliphatic carbocycles. The molecule has 0 saturated carbocycles. The van der Waals surface area contributed by atoms with Gasteiger partial charge in [0, 0.05) is 11.0 Å². The largest absolute Gasteiger partial charge is 0.313 e. The number of halogens is 2. The summed E-state index contributed by atoms with van der Waals surface area (Å²) in [5.74, 6) is -0.505. The van der Waals surface area contributed by atoms with E-state index in [9.17, 15) is 12.8 Å². The van der Waals surface area contributed by atoms with E-state index in [2.05, 4.69) is 26.0 Å². The van der Waals surface area contributed by atoms with Crippen molar-refractivity contribution in [3.8, 4) is 0 Å². The van der Waals surface area contributed by atoms with Crippen molar-refractivity contribution in [1.29, 1.82) is 0 Å². The van der Waals surface area contributed by atoms with Gasteiger partial charge in [-0.1, -0.05) is 6.92 Å². The van der Waals surface area contributed by atoms with Gasteiger partial charge in [-0.2, -0.15) is 0 Å². The molecule has 0 aliphatic heterocycles. The van der Waals surface area contributed by atoms with Gasteiger partial charge in [0.1, 0.15) is 10.0 Å². The second kappa shape index (κ2) is 6.87. The summed E-state index contributed by atoms with van der Waals surface area (Å²) in [5, 5.41) is 4.92. The third-order valence-electron chi connectivity index (χ3n) is 2.65. The topological polar surface area (TPSA) is 58.2 Å². The van der Waals surface area contributed by atoms with Crippen LogP contribution in [0.5, 0.6) is 0 Å². The Hall–Kier alpha value is -0.960. The van der Waals surface area contributed by atoms with E-state index in [4.69, 9.17) is 0 Å². The van der Waals surface area contributed by atoms with Crippen molar-refractivity contribution in [3.63, 3.8) is 0 Å². The molecule has 2 N–H and O–H groups in total. The zero-order valence-corrected chi connectivity index (χ0v) is 14.4. The van der Waals surface area contributed by atoms with Gasteiger partial charge in [0.15, 0.2) is 0 Å². The summed E-state index contributed by atoms with van der Waals surface area (Å²) in [6, 6.07) is 5.46. The Labute approximate surface area is 135 Å². The van der Waals surface area contributed by atoms with Crippen molar-refractivity contribution in [2.75, 3.05) is 11.3 Å². The van der Waals surface area contributed by atoms with E-state index < -0.39 is 15.8 Å². The minimum Gasteiger partial charge on any atom is -0.313 e. The first-order chi connectivity index (χ1) is 9.92. The molecule has 0 saturated heterocycles. The molecule has 0 spiro atoms. The number of thiophene rings is 1. The fraction of sp³-hybridized carbons (Fsp3) is 0.231. The lowest BCUT2D eigenvalue weighted by Gasteiger charge is -2.08. The predicted octanol–water partition coefficient (Wildman–Crippen LogP) is 3.56. The first-order valence-electron chi connectivity index (χ1n) is 6.18. The number of hydrogen-bond acceptors (Lipinski definition) is 4. The van der Waals surface area contributed by atoms with Crippen LogP contribution in [0.2, 0.25) is 0 Å². The molecule has 4 nitrogen and oxygen atoms in total. The second-order valence-electron chi connectivity index (χ2n) is 4.28. The normalized spacial score (nSPS) is 11.6. The lowest BCUT2D eigenvalue weighted by Crippen LogP contribution is -2.13. The molecule has 114 valence electrons. The van der Waals surface area contributed by atoms with Gasteiger partial charge in [0.25, 0.3) is 10.0 Å². The summed E-state index contributed by atoms with van der Waals surface area (Å²) in [4.78, 5) is 0. The molecule has 21 heavy (non-hydrogen) atoms. The SMILES string of the molecule is CCNCc1csc(S(=O)(=O)Nc2cc(F)ccc2Br)c1. The van der Waals surface area contributed by atoms with Crippen LogP contribution in [-0.4, -0.2) is 15.0 Å². The zero-order valence-electron chi connectivity index (χ0n) is 11.2. The first-order valence-corrected chi connectivity index (χ1v) is 9.34. The number of sulfonamides is 1. The molecule has 0 atom stereocenters. The van der Waals surface area contributed by atoms with Gasteiger partial charge in [0.05, 0.1) is 5.69 Å². The molecule has 0 aliphatic rings. The molecular weight excluding hydrogens is 379 g/mol. The molecule has 0 amide bonds. The van der Waals surface area contributed by atoms with E-state index in [-0.39, 0.29) is 9.90 Å². The Morgan fingerprint density at radius 2 is 2.10 bits per heavy atom. The maximum absolute atomic E-state index is 13.2. The molecule has 1 aromatic carbocycles. The minimum atomic E-state index is -3.71. The summed E-state index contributed by atoms with van der Waals surface area (Å²) < 4.78 is 40.9. The number of benzene rings is 1. The molecule has 8 heteroatoms. The molecule has 1 heterocycles. The molecule has 2 aromatic rings. The van der Waals surface area contributed by atoms with Crippen molar-refractivity contribution < 1.29 is 12.8 Å². The lowest BCUT2D eigenvalue weighted by molar-refractivity contribution is 0.603. The molecule has 0 fully saturated rings. The van der Waals surface area contributed by atoms with Crippen LogP contribution in [0, 0.1) is 5.82 Å². The molecule has 0 bridgehead atoms. The highest BCUT2D eigenvalue weighted by molar-refractivity contribution is 9.10. The first kappa shape index (κ1) is 16.4. The Morgan fingerprint density at radius 3 is 2.81 bits per heavy atom. The van der Waals surface area contributed by atoms with Crippen LogP contribution >= 0.6 is 27.3 Å². The van der Waals surface area contributed by atoms with Crippen molar-refractivity contribution >= 4 is 43.0 Å². The predicted molar refractivity (Wildman–Crippen MR) is 86.6 cm³/mol. The van der Waals surface area contributed by atoms with Crippen LogP contribution in [0.15, 0.2) is 38.3 Å². The van der Waals surface area contributed by atoms with Gasteiger partial charge in [-0.25, -0.2) is 12.8 Å². The van der Waals surface area contributed by atoms with E-state index in [0.717, 1.165) is 29.5 Å². The van der Waals surface area contributed by atoms with Crippen molar-refractivity contribution in [1.82, 2.24) is 5.32 Å². The summed E-state index contributed by atoms with van der Waals surface area (Å²) in [6.07, 6.45) is 0. The van der Waals surface area contributed by atoms with Crippen molar-refractivity contribution in [2.24, 2.45) is 0 Å². The van der Waals surface area contributed by atoms with Gasteiger partial charge < -0.3 is 5.32 Å². The number of hydrogen-bond donors (Lipinski definition) is 2. The van der Waals surface area contributed by atoms with E-state index in [0.29, 0.717) is 11.0 Å². The van der Waals surface area contributed by atoms with Gasteiger partial charge >= 0.3 is 0 Å². The maximum Gasteiger partial charge on any atom is 0.271 e. The van der Waals surface area contributed by atoms with Crippen LogP contribution in [0.1, 0.15) is 12.5 Å². The van der Waals surface area contributed by atoms with Gasteiger partial charge in [-0.05, 0) is 57.7 Å². The Morgan fingerprint density at radius 1 is 1.33 bits per heavy atom. The van der Waals surface area contributed by atoms with Gasteiger partial charge in [-0.3, -0.25) is 4.72 Å². The summed E-state index contributed by atoms with van der Waals surface area (Å²) in [6.45, 7) is 3.41. The highest BCUT2D eigenvalue weighted by Crippen LogP contribution is 2.28. The Balaban J connectivity index is 2.22. The maximum atomic E-state index is 13.2. The van der Waals surface area contributed by atoms with Crippen molar-refractivity contribution in [2.45, 2.75) is 17.7 Å². The monoisotopic (exact) mass is 392 g/mol. The summed E-state index contributed by atoms with van der Waals surface area (Å²) in [5.41, 5.74) is 1.08. The zero-order chi connectivity index (χ0) is 15.5. The molecule has 0 radical (unpaired) electrons. The molecule has 0 unspecified atom stereocenters. The minimum absolute atomic E-state index is 0.177.